The quantitative estimate of drug-likeness (QED) is 0.645. The Balaban J connectivity index is 2.36. The van der Waals surface area contributed by atoms with E-state index in [1.807, 2.05) is 24.3 Å². The number of fused-ring (bicyclic) bond motifs is 1. The summed E-state index contributed by atoms with van der Waals surface area (Å²) in [6.45, 7) is 0. The Labute approximate surface area is 102 Å². The van der Waals surface area contributed by atoms with Crippen LogP contribution in [-0.4, -0.2) is 16.1 Å². The maximum Gasteiger partial charge on any atom is 0.152 e. The second-order valence-electron chi connectivity index (χ2n) is 3.91. The zero-order valence-electron chi connectivity index (χ0n) is 9.38. The molecule has 4 heteroatoms. The number of nitrogens with zero attached hydrogens (tertiary/aromatic N) is 2. The van der Waals surface area contributed by atoms with Crippen LogP contribution in [0.4, 0.5) is 4.39 Å². The Hall–Kier alpha value is -2.49. The largest absolute Gasteiger partial charge is 0.298 e. The molecule has 0 saturated carbocycles. The molecule has 0 unspecified atom stereocenters. The summed E-state index contributed by atoms with van der Waals surface area (Å²) in [5, 5.41) is 5.05. The van der Waals surface area contributed by atoms with Crippen molar-refractivity contribution in [1.82, 2.24) is 9.78 Å². The molecule has 0 aliphatic rings. The number of aldehydes is 1. The standard InChI is InChI=1S/C14H9FN2O/c15-12-6-3-5-11(9-18)14(12)17-13-7-2-1-4-10(13)8-16-17/h1-9H. The third-order valence-corrected chi connectivity index (χ3v) is 2.83. The third-order valence-electron chi connectivity index (χ3n) is 2.83. The molecule has 3 rings (SSSR count). The van der Waals surface area contributed by atoms with Gasteiger partial charge in [0.1, 0.15) is 11.5 Å². The first-order chi connectivity index (χ1) is 8.81. The third kappa shape index (κ3) is 1.50. The van der Waals surface area contributed by atoms with Gasteiger partial charge in [-0.15, -0.1) is 0 Å². The van der Waals surface area contributed by atoms with Gasteiger partial charge in [0, 0.05) is 10.9 Å². The first-order valence-corrected chi connectivity index (χ1v) is 5.48. The minimum Gasteiger partial charge on any atom is -0.298 e. The zero-order chi connectivity index (χ0) is 12.5. The molecule has 0 atom stereocenters. The predicted molar refractivity (Wildman–Crippen MR) is 66.4 cm³/mol. The van der Waals surface area contributed by atoms with Gasteiger partial charge in [0.15, 0.2) is 6.29 Å². The molecule has 1 aromatic heterocycles. The molecule has 0 aliphatic heterocycles. The van der Waals surface area contributed by atoms with Crippen molar-refractivity contribution in [3.05, 3.63) is 60.0 Å². The van der Waals surface area contributed by atoms with Crippen LogP contribution < -0.4 is 0 Å². The fraction of sp³-hybridized carbons (Fsp3) is 0. The first kappa shape index (κ1) is 10.7. The topological polar surface area (TPSA) is 34.9 Å². The van der Waals surface area contributed by atoms with E-state index in [9.17, 15) is 9.18 Å². The second kappa shape index (κ2) is 4.07. The van der Waals surface area contributed by atoms with Crippen LogP contribution >= 0.6 is 0 Å². The van der Waals surface area contributed by atoms with Gasteiger partial charge in [0.05, 0.1) is 11.7 Å². The fourth-order valence-electron chi connectivity index (χ4n) is 2.00. The van der Waals surface area contributed by atoms with E-state index in [2.05, 4.69) is 5.10 Å². The van der Waals surface area contributed by atoms with Crippen molar-refractivity contribution < 1.29 is 9.18 Å². The molecule has 0 radical (unpaired) electrons. The van der Waals surface area contributed by atoms with Gasteiger partial charge in [-0.05, 0) is 18.2 Å². The number of hydrogen-bond acceptors (Lipinski definition) is 2. The van der Waals surface area contributed by atoms with Crippen LogP contribution in [0.5, 0.6) is 0 Å². The Morgan fingerprint density at radius 1 is 1.11 bits per heavy atom. The summed E-state index contributed by atoms with van der Waals surface area (Å²) < 4.78 is 15.4. The molecule has 3 aromatic rings. The molecule has 1 heterocycles. The lowest BCUT2D eigenvalue weighted by Gasteiger charge is -2.07. The number of rotatable bonds is 2. The van der Waals surface area contributed by atoms with Crippen molar-refractivity contribution in [1.29, 1.82) is 0 Å². The molecule has 0 aliphatic carbocycles. The van der Waals surface area contributed by atoms with E-state index in [0.29, 0.717) is 6.29 Å². The lowest BCUT2D eigenvalue weighted by Crippen LogP contribution is -2.03. The SMILES string of the molecule is O=Cc1cccc(F)c1-n1ncc2ccccc21. The van der Waals surface area contributed by atoms with E-state index in [1.54, 1.807) is 12.3 Å². The molecule has 0 spiro atoms. The maximum absolute atomic E-state index is 13.9. The van der Waals surface area contributed by atoms with Gasteiger partial charge in [-0.3, -0.25) is 4.79 Å². The van der Waals surface area contributed by atoms with Gasteiger partial charge < -0.3 is 0 Å². The van der Waals surface area contributed by atoms with Crippen LogP contribution in [0.2, 0.25) is 0 Å². The normalized spacial score (nSPS) is 10.7. The Morgan fingerprint density at radius 2 is 1.94 bits per heavy atom. The van der Waals surface area contributed by atoms with Crippen molar-refractivity contribution in [3.63, 3.8) is 0 Å². The molecule has 0 saturated heterocycles. The van der Waals surface area contributed by atoms with E-state index < -0.39 is 5.82 Å². The van der Waals surface area contributed by atoms with Crippen molar-refractivity contribution >= 4 is 17.2 Å². The van der Waals surface area contributed by atoms with Crippen LogP contribution in [0, 0.1) is 5.82 Å². The van der Waals surface area contributed by atoms with Crippen LogP contribution in [0.3, 0.4) is 0 Å². The number of aromatic nitrogens is 2. The molecule has 88 valence electrons. The van der Waals surface area contributed by atoms with E-state index in [1.165, 1.54) is 16.8 Å². The lowest BCUT2D eigenvalue weighted by molar-refractivity contribution is 0.112. The van der Waals surface area contributed by atoms with Crippen molar-refractivity contribution in [2.24, 2.45) is 0 Å². The van der Waals surface area contributed by atoms with Crippen molar-refractivity contribution in [3.8, 4) is 5.69 Å². The summed E-state index contributed by atoms with van der Waals surface area (Å²) in [5.74, 6) is -0.464. The molecule has 18 heavy (non-hydrogen) atoms. The van der Waals surface area contributed by atoms with E-state index >= 15 is 0 Å². The van der Waals surface area contributed by atoms with Gasteiger partial charge in [-0.2, -0.15) is 5.10 Å². The summed E-state index contributed by atoms with van der Waals surface area (Å²) in [6.07, 6.45) is 2.28. The van der Waals surface area contributed by atoms with Crippen LogP contribution in [0.1, 0.15) is 10.4 Å². The predicted octanol–water partition coefficient (Wildman–Crippen LogP) is 2.98. The molecule has 0 amide bonds. The Bertz CT molecular complexity index is 733. The van der Waals surface area contributed by atoms with Crippen LogP contribution in [0.25, 0.3) is 16.6 Å². The maximum atomic E-state index is 13.9. The van der Waals surface area contributed by atoms with Crippen molar-refractivity contribution in [2.75, 3.05) is 0 Å². The molecule has 0 bridgehead atoms. The summed E-state index contributed by atoms with van der Waals surface area (Å²) in [4.78, 5) is 11.0. The zero-order valence-corrected chi connectivity index (χ0v) is 9.38. The molecule has 0 fully saturated rings. The number of carbonyl (C=O) groups excluding carboxylic acids is 1. The molecule has 0 N–H and O–H groups in total. The van der Waals surface area contributed by atoms with Gasteiger partial charge in [0.2, 0.25) is 0 Å². The summed E-state index contributed by atoms with van der Waals surface area (Å²) >= 11 is 0. The van der Waals surface area contributed by atoms with Crippen molar-refractivity contribution in [2.45, 2.75) is 0 Å². The van der Waals surface area contributed by atoms with E-state index in [0.717, 1.165) is 10.9 Å². The van der Waals surface area contributed by atoms with E-state index in [-0.39, 0.29) is 11.3 Å². The number of benzene rings is 2. The minimum atomic E-state index is -0.464. The molecular weight excluding hydrogens is 231 g/mol. The highest BCUT2D eigenvalue weighted by molar-refractivity contribution is 5.85. The smallest absolute Gasteiger partial charge is 0.152 e. The minimum absolute atomic E-state index is 0.189. The number of carbonyl (C=O) groups is 1. The average Bonchev–Trinajstić information content (AvgIpc) is 2.82. The number of para-hydroxylation sites is 2. The van der Waals surface area contributed by atoms with Crippen LogP contribution in [0.15, 0.2) is 48.7 Å². The highest BCUT2D eigenvalue weighted by atomic mass is 19.1. The average molecular weight is 240 g/mol. The Kier molecular flexibility index (Phi) is 2.41. The Morgan fingerprint density at radius 3 is 2.78 bits per heavy atom. The van der Waals surface area contributed by atoms with Crippen LogP contribution in [-0.2, 0) is 0 Å². The van der Waals surface area contributed by atoms with E-state index in [4.69, 9.17) is 0 Å². The van der Waals surface area contributed by atoms with Gasteiger partial charge >= 0.3 is 0 Å². The summed E-state index contributed by atoms with van der Waals surface area (Å²) in [5.41, 5.74) is 1.24. The van der Waals surface area contributed by atoms with Gasteiger partial charge in [-0.25, -0.2) is 9.07 Å². The number of halogens is 1. The highest BCUT2D eigenvalue weighted by Gasteiger charge is 2.13. The highest BCUT2D eigenvalue weighted by Crippen LogP contribution is 2.22. The fourth-order valence-corrected chi connectivity index (χ4v) is 2.00. The van der Waals surface area contributed by atoms with Gasteiger partial charge in [0.25, 0.3) is 0 Å². The number of hydrogen-bond donors (Lipinski definition) is 0. The first-order valence-electron chi connectivity index (χ1n) is 5.48. The second-order valence-corrected chi connectivity index (χ2v) is 3.91. The monoisotopic (exact) mass is 240 g/mol. The lowest BCUT2D eigenvalue weighted by atomic mass is 10.2. The molecule has 2 aromatic carbocycles. The summed E-state index contributed by atoms with van der Waals surface area (Å²) in [7, 11) is 0. The molecule has 3 nitrogen and oxygen atoms in total. The van der Waals surface area contributed by atoms with Gasteiger partial charge in [-0.1, -0.05) is 24.3 Å². The summed E-state index contributed by atoms with van der Waals surface area (Å²) in [6, 6.07) is 11.9. The molecular formula is C14H9FN2O.